The van der Waals surface area contributed by atoms with Gasteiger partial charge < -0.3 is 10.6 Å². The second-order valence-electron chi connectivity index (χ2n) is 4.30. The molecule has 0 aliphatic rings. The molecule has 98 valence electrons. The monoisotopic (exact) mass is 262 g/mol. The van der Waals surface area contributed by atoms with Crippen LogP contribution in [0.2, 0.25) is 0 Å². The van der Waals surface area contributed by atoms with Gasteiger partial charge in [0.2, 0.25) is 15.9 Å². The van der Waals surface area contributed by atoms with Gasteiger partial charge in [0.25, 0.3) is 0 Å². The van der Waals surface area contributed by atoms with Gasteiger partial charge in [-0.3, -0.25) is 4.79 Å². The molecule has 0 radical (unpaired) electrons. The number of rotatable bonds is 7. The third-order valence-electron chi connectivity index (χ3n) is 1.68. The minimum atomic E-state index is -3.28. The first-order valence-corrected chi connectivity index (χ1v) is 6.89. The summed E-state index contributed by atoms with van der Waals surface area (Å²) in [5.74, 6) is -0.304. The van der Waals surface area contributed by atoms with E-state index in [1.54, 1.807) is 19.9 Å². The molecule has 3 N–H and O–H groups in total. The molecular weight excluding hydrogens is 244 g/mol. The van der Waals surface area contributed by atoms with Crippen LogP contribution in [0.1, 0.15) is 13.8 Å². The summed E-state index contributed by atoms with van der Waals surface area (Å²) in [7, 11) is -3.28. The van der Waals surface area contributed by atoms with E-state index < -0.39 is 15.6 Å². The highest BCUT2D eigenvalue weighted by Gasteiger charge is 2.21. The normalized spacial score (nSPS) is 11.9. The third-order valence-corrected chi connectivity index (χ3v) is 2.60. The molecule has 0 unspecified atom stereocenters. The van der Waals surface area contributed by atoms with Gasteiger partial charge in [-0.05, 0) is 13.8 Å². The van der Waals surface area contributed by atoms with Crippen molar-refractivity contribution < 1.29 is 13.2 Å². The summed E-state index contributed by atoms with van der Waals surface area (Å²) in [6.07, 6.45) is 1.08. The first kappa shape index (κ1) is 15.8. The molecule has 0 aliphatic carbocycles. The standard InChI is InChI=1S/C9H18N4O3S/c1-9(2,13-17(3,15)16)7-11-6-8(14)12-5-4-10/h11,13H,5-7H2,1-3H3,(H,12,14). The Morgan fingerprint density at radius 3 is 2.47 bits per heavy atom. The minimum Gasteiger partial charge on any atom is -0.342 e. The average molecular weight is 262 g/mol. The van der Waals surface area contributed by atoms with E-state index in [1.165, 1.54) is 0 Å². The summed E-state index contributed by atoms with van der Waals surface area (Å²) in [6, 6.07) is 1.78. The molecule has 0 aromatic heterocycles. The number of sulfonamides is 1. The molecular formula is C9H18N4O3S. The lowest BCUT2D eigenvalue weighted by molar-refractivity contribution is -0.120. The van der Waals surface area contributed by atoms with Crippen molar-refractivity contribution in [2.75, 3.05) is 25.9 Å². The van der Waals surface area contributed by atoms with E-state index in [9.17, 15) is 13.2 Å². The molecule has 17 heavy (non-hydrogen) atoms. The van der Waals surface area contributed by atoms with E-state index >= 15 is 0 Å². The molecule has 0 aromatic rings. The van der Waals surface area contributed by atoms with Gasteiger partial charge in [0.1, 0.15) is 6.54 Å². The van der Waals surface area contributed by atoms with Crippen molar-refractivity contribution in [1.29, 1.82) is 5.26 Å². The summed E-state index contributed by atoms with van der Waals surface area (Å²) in [5, 5.41) is 13.4. The van der Waals surface area contributed by atoms with Crippen LogP contribution in [-0.2, 0) is 14.8 Å². The number of nitrogens with one attached hydrogen (secondary N) is 3. The van der Waals surface area contributed by atoms with Crippen LogP contribution in [0.4, 0.5) is 0 Å². The summed E-state index contributed by atoms with van der Waals surface area (Å²) in [6.45, 7) is 3.71. The number of carbonyl (C=O) groups is 1. The van der Waals surface area contributed by atoms with Crippen molar-refractivity contribution >= 4 is 15.9 Å². The molecule has 0 fully saturated rings. The van der Waals surface area contributed by atoms with Crippen LogP contribution in [0.3, 0.4) is 0 Å². The number of hydrogen-bond donors (Lipinski definition) is 3. The Balaban J connectivity index is 3.96. The topological polar surface area (TPSA) is 111 Å². The van der Waals surface area contributed by atoms with Gasteiger partial charge in [0, 0.05) is 12.1 Å². The highest BCUT2D eigenvalue weighted by atomic mass is 32.2. The Morgan fingerprint density at radius 2 is 2.00 bits per heavy atom. The van der Waals surface area contributed by atoms with Gasteiger partial charge in [0.05, 0.1) is 18.9 Å². The number of nitrogens with zero attached hydrogens (tertiary/aromatic N) is 1. The molecule has 1 amide bonds. The molecule has 0 rings (SSSR count). The Kier molecular flexibility index (Phi) is 6.09. The molecule has 0 heterocycles. The van der Waals surface area contributed by atoms with Crippen LogP contribution in [0.5, 0.6) is 0 Å². The van der Waals surface area contributed by atoms with Crippen LogP contribution < -0.4 is 15.4 Å². The van der Waals surface area contributed by atoms with E-state index in [0.717, 1.165) is 6.26 Å². The number of amides is 1. The molecule has 8 heteroatoms. The van der Waals surface area contributed by atoms with Crippen molar-refractivity contribution in [1.82, 2.24) is 15.4 Å². The minimum absolute atomic E-state index is 0.0362. The van der Waals surface area contributed by atoms with Crippen LogP contribution in [0.15, 0.2) is 0 Å². The van der Waals surface area contributed by atoms with Crippen molar-refractivity contribution in [2.45, 2.75) is 19.4 Å². The first-order chi connectivity index (χ1) is 7.66. The van der Waals surface area contributed by atoms with Crippen LogP contribution in [0, 0.1) is 11.3 Å². The van der Waals surface area contributed by atoms with Crippen LogP contribution in [-0.4, -0.2) is 45.8 Å². The molecule has 0 aromatic carbocycles. The fourth-order valence-electron chi connectivity index (χ4n) is 1.23. The fourth-order valence-corrected chi connectivity index (χ4v) is 2.30. The van der Waals surface area contributed by atoms with Crippen molar-refractivity contribution in [3.63, 3.8) is 0 Å². The van der Waals surface area contributed by atoms with Gasteiger partial charge >= 0.3 is 0 Å². The summed E-state index contributed by atoms with van der Waals surface area (Å²) < 4.78 is 24.5. The predicted octanol–water partition coefficient (Wildman–Crippen LogP) is -1.46. The first-order valence-electron chi connectivity index (χ1n) is 4.99. The van der Waals surface area contributed by atoms with Gasteiger partial charge in [-0.15, -0.1) is 0 Å². The van der Waals surface area contributed by atoms with E-state index in [0.29, 0.717) is 6.54 Å². The quantitative estimate of drug-likeness (QED) is 0.486. The zero-order chi connectivity index (χ0) is 13.5. The lowest BCUT2D eigenvalue weighted by Crippen LogP contribution is -2.51. The third kappa shape index (κ3) is 9.74. The van der Waals surface area contributed by atoms with Gasteiger partial charge in [-0.2, -0.15) is 5.26 Å². The maximum absolute atomic E-state index is 11.1. The Hall–Kier alpha value is -1.17. The summed E-state index contributed by atoms with van der Waals surface area (Å²) >= 11 is 0. The average Bonchev–Trinajstić information content (AvgIpc) is 2.10. The van der Waals surface area contributed by atoms with Crippen LogP contribution in [0.25, 0.3) is 0 Å². The highest BCUT2D eigenvalue weighted by Crippen LogP contribution is 2.01. The van der Waals surface area contributed by atoms with E-state index in [-0.39, 0.29) is 19.0 Å². The molecule has 7 nitrogen and oxygen atoms in total. The van der Waals surface area contributed by atoms with Crippen molar-refractivity contribution in [3.05, 3.63) is 0 Å². The number of nitriles is 1. The van der Waals surface area contributed by atoms with Gasteiger partial charge in [0.15, 0.2) is 0 Å². The Labute approximate surface area is 102 Å². The number of carbonyl (C=O) groups excluding carboxylic acids is 1. The second kappa shape index (κ2) is 6.54. The van der Waals surface area contributed by atoms with Crippen molar-refractivity contribution in [3.8, 4) is 6.07 Å². The zero-order valence-corrected chi connectivity index (χ0v) is 11.0. The molecule has 0 atom stereocenters. The fraction of sp³-hybridized carbons (Fsp3) is 0.778. The maximum Gasteiger partial charge on any atom is 0.234 e. The van der Waals surface area contributed by atoms with Gasteiger partial charge in [-0.25, -0.2) is 13.1 Å². The Bertz CT molecular complexity index is 397. The second-order valence-corrected chi connectivity index (χ2v) is 6.04. The van der Waals surface area contributed by atoms with Crippen molar-refractivity contribution in [2.24, 2.45) is 0 Å². The van der Waals surface area contributed by atoms with Gasteiger partial charge in [-0.1, -0.05) is 0 Å². The van der Waals surface area contributed by atoms with E-state index in [2.05, 4.69) is 15.4 Å². The Morgan fingerprint density at radius 1 is 1.41 bits per heavy atom. The molecule has 0 aliphatic heterocycles. The number of hydrogen-bond acceptors (Lipinski definition) is 5. The maximum atomic E-state index is 11.1. The summed E-state index contributed by atoms with van der Waals surface area (Å²) in [4.78, 5) is 11.1. The molecule has 0 saturated heterocycles. The lowest BCUT2D eigenvalue weighted by atomic mass is 10.1. The zero-order valence-electron chi connectivity index (χ0n) is 10.2. The molecule has 0 saturated carbocycles. The largest absolute Gasteiger partial charge is 0.342 e. The molecule has 0 bridgehead atoms. The molecule has 0 spiro atoms. The predicted molar refractivity (Wildman–Crippen MR) is 63.6 cm³/mol. The lowest BCUT2D eigenvalue weighted by Gasteiger charge is -2.25. The summed E-state index contributed by atoms with van der Waals surface area (Å²) in [5.41, 5.74) is -0.677. The smallest absolute Gasteiger partial charge is 0.234 e. The SMILES string of the molecule is CC(C)(CNCC(=O)NCC#N)NS(C)(=O)=O. The van der Waals surface area contributed by atoms with E-state index in [1.807, 2.05) is 0 Å². The van der Waals surface area contributed by atoms with Crippen LogP contribution >= 0.6 is 0 Å². The highest BCUT2D eigenvalue weighted by molar-refractivity contribution is 7.88. The van der Waals surface area contributed by atoms with E-state index in [4.69, 9.17) is 5.26 Å².